The van der Waals surface area contributed by atoms with Crippen molar-refractivity contribution in [3.05, 3.63) is 149 Å². The summed E-state index contributed by atoms with van der Waals surface area (Å²) in [5.41, 5.74) is 5.44. The van der Waals surface area contributed by atoms with Crippen LogP contribution in [0.5, 0.6) is 17.2 Å². The fraction of sp³-hybridized carbons (Fsp3) is 0.396. The number of fused-ring (bicyclic) bond motifs is 2. The Labute approximate surface area is 382 Å². The van der Waals surface area contributed by atoms with Gasteiger partial charge in [0.05, 0.1) is 23.2 Å². The van der Waals surface area contributed by atoms with E-state index in [1.54, 1.807) is 24.3 Å². The number of nitro groups is 1. The number of aliphatic hydroxyl groups is 2. The van der Waals surface area contributed by atoms with E-state index in [0.29, 0.717) is 55.2 Å². The van der Waals surface area contributed by atoms with E-state index in [4.69, 9.17) is 24.2 Å². The molecule has 1 amide bonds. The van der Waals surface area contributed by atoms with Crippen LogP contribution in [0.4, 0.5) is 5.69 Å². The second-order valence-electron chi connectivity index (χ2n) is 16.9. The molecule has 12 nitrogen and oxygen atoms in total. The van der Waals surface area contributed by atoms with Crippen LogP contribution in [0.2, 0.25) is 0 Å². The lowest BCUT2D eigenvalue weighted by Crippen LogP contribution is -2.70. The molecular formula is C53H61N3O9. The van der Waals surface area contributed by atoms with E-state index in [-0.39, 0.29) is 55.6 Å². The number of aliphatic hydroxyl groups excluding tert-OH is 2. The molecule has 342 valence electrons. The average molecular weight is 884 g/mol. The molecule has 2 aliphatic carbocycles. The molecule has 0 bridgehead atoms. The van der Waals surface area contributed by atoms with Crippen LogP contribution >= 0.6 is 0 Å². The Morgan fingerprint density at radius 1 is 0.938 bits per heavy atom. The van der Waals surface area contributed by atoms with Gasteiger partial charge in [0, 0.05) is 55.9 Å². The molecule has 2 N–H and O–H groups in total. The number of oxime groups is 1. The van der Waals surface area contributed by atoms with Crippen LogP contribution in [0.15, 0.2) is 133 Å². The second kappa shape index (κ2) is 22.2. The Balaban J connectivity index is 1.37. The molecule has 0 radical (unpaired) electrons. The van der Waals surface area contributed by atoms with E-state index >= 15 is 0 Å². The maximum atomic E-state index is 14.7. The smallest absolute Gasteiger partial charge is 0.269 e. The van der Waals surface area contributed by atoms with Crippen LogP contribution in [0.1, 0.15) is 82.3 Å². The number of carbonyl (C=O) groups excluding carboxylic acids is 1. The number of nitro benzene ring substituents is 1. The molecule has 1 fully saturated rings. The van der Waals surface area contributed by atoms with Gasteiger partial charge in [0.2, 0.25) is 11.7 Å². The number of carbonyl (C=O) groups is 1. The molecule has 0 spiro atoms. The number of rotatable bonds is 22. The molecule has 6 unspecified atom stereocenters. The minimum absolute atomic E-state index is 0.0344. The molecule has 7 rings (SSSR count). The summed E-state index contributed by atoms with van der Waals surface area (Å²) in [5.74, 6) is -0.261. The largest absolute Gasteiger partial charge is 0.459 e. The maximum absolute atomic E-state index is 14.7. The van der Waals surface area contributed by atoms with Gasteiger partial charge in [-0.2, -0.15) is 0 Å². The number of non-ortho nitro benzene ring substituents is 1. The first-order valence-electron chi connectivity index (χ1n) is 23.0. The second-order valence-corrected chi connectivity index (χ2v) is 16.9. The molecule has 6 atom stereocenters. The van der Waals surface area contributed by atoms with Crippen molar-refractivity contribution in [2.24, 2.45) is 22.9 Å². The number of ether oxygens (including phenoxy) is 3. The van der Waals surface area contributed by atoms with E-state index in [1.165, 1.54) is 18.2 Å². The third-order valence-electron chi connectivity index (χ3n) is 12.8. The Hall–Kier alpha value is -6.08. The SMILES string of the molecule is C=CCOC12Oc3ccc(Oc4ccc(-c5ccccc5)cc4)cc3C3C(CCCCO)C(CCCCO)C=C(C(=NOCC)CC1N(CCC)C(=O)C=Cc1ccc([N+](=O)[O-])cc1)C32. The van der Waals surface area contributed by atoms with Crippen LogP contribution in [0.3, 0.4) is 0 Å². The lowest BCUT2D eigenvalue weighted by molar-refractivity contribution is -0.384. The van der Waals surface area contributed by atoms with E-state index in [9.17, 15) is 25.1 Å². The van der Waals surface area contributed by atoms with Gasteiger partial charge in [-0.25, -0.2) is 0 Å². The topological polar surface area (TPSA) is 153 Å². The van der Waals surface area contributed by atoms with Crippen molar-refractivity contribution in [2.75, 3.05) is 33.0 Å². The number of nitrogens with zero attached hydrogens (tertiary/aromatic N) is 3. The lowest BCUT2D eigenvalue weighted by Gasteiger charge is -2.60. The minimum atomic E-state index is -1.41. The van der Waals surface area contributed by atoms with Crippen LogP contribution in [0.25, 0.3) is 17.2 Å². The molecule has 65 heavy (non-hydrogen) atoms. The molecule has 0 aromatic heterocycles. The van der Waals surface area contributed by atoms with Gasteiger partial charge in [0.15, 0.2) is 0 Å². The highest BCUT2D eigenvalue weighted by molar-refractivity contribution is 6.03. The molecule has 12 heteroatoms. The highest BCUT2D eigenvalue weighted by Gasteiger charge is 2.65. The first-order chi connectivity index (χ1) is 31.7. The molecule has 4 aromatic rings. The molecule has 3 aliphatic rings. The quantitative estimate of drug-likeness (QED) is 0.0258. The summed E-state index contributed by atoms with van der Waals surface area (Å²) >= 11 is 0. The fourth-order valence-electron chi connectivity index (χ4n) is 9.97. The summed E-state index contributed by atoms with van der Waals surface area (Å²) in [5, 5.41) is 36.0. The average Bonchev–Trinajstić information content (AvgIpc) is 3.33. The Kier molecular flexibility index (Phi) is 16.0. The Bertz CT molecular complexity index is 2330. The van der Waals surface area contributed by atoms with Crippen molar-refractivity contribution < 1.29 is 39.0 Å². The predicted octanol–water partition coefficient (Wildman–Crippen LogP) is 10.7. The van der Waals surface area contributed by atoms with Gasteiger partial charge in [-0.15, -0.1) is 6.58 Å². The predicted molar refractivity (Wildman–Crippen MR) is 253 cm³/mol. The van der Waals surface area contributed by atoms with E-state index in [1.807, 2.05) is 61.2 Å². The van der Waals surface area contributed by atoms with Crippen molar-refractivity contribution in [1.29, 1.82) is 0 Å². The summed E-state index contributed by atoms with van der Waals surface area (Å²) in [6.07, 6.45) is 12.7. The number of unbranched alkanes of at least 4 members (excludes halogenated alkanes) is 2. The summed E-state index contributed by atoms with van der Waals surface area (Å²) in [6.45, 7) is 8.99. The summed E-state index contributed by atoms with van der Waals surface area (Å²) in [7, 11) is 0. The molecular weight excluding hydrogens is 823 g/mol. The van der Waals surface area contributed by atoms with Gasteiger partial charge in [0.25, 0.3) is 5.69 Å². The number of hydrogen-bond acceptors (Lipinski definition) is 10. The van der Waals surface area contributed by atoms with Crippen molar-refractivity contribution >= 4 is 23.4 Å². The standard InChI is InChI=1S/C53H61N3O9/c1-4-30-55(50(59)29-20-37-18-23-41(24-19-37)56(60)61)49-36-47(54-63-6-3)45-34-40(16-10-12-31-57)44(17-11-13-32-58)51-46-35-43(27-28-48(46)65-53(49,52(45)51)62-33-5-2)64-42-25-21-39(22-26-42)38-14-8-7-9-15-38/h5,7-9,14-15,18-29,34-35,40,44,49,51-52,57-58H,2,4,6,10-13,16-17,30-33,36H2,1,3H3. The van der Waals surface area contributed by atoms with Gasteiger partial charge in [0.1, 0.15) is 29.9 Å². The van der Waals surface area contributed by atoms with Crippen molar-refractivity contribution in [3.8, 4) is 28.4 Å². The zero-order valence-corrected chi connectivity index (χ0v) is 37.4. The highest BCUT2D eigenvalue weighted by Crippen LogP contribution is 2.62. The summed E-state index contributed by atoms with van der Waals surface area (Å²) in [4.78, 5) is 33.3. The molecule has 0 saturated heterocycles. The number of amides is 1. The van der Waals surface area contributed by atoms with Crippen LogP contribution in [0, 0.1) is 27.9 Å². The van der Waals surface area contributed by atoms with Crippen LogP contribution < -0.4 is 9.47 Å². The fourth-order valence-corrected chi connectivity index (χ4v) is 9.97. The molecule has 4 aromatic carbocycles. The zero-order valence-electron chi connectivity index (χ0n) is 37.4. The normalized spacial score (nSPS) is 22.6. The Morgan fingerprint density at radius 3 is 2.32 bits per heavy atom. The number of hydrogen-bond donors (Lipinski definition) is 2. The van der Waals surface area contributed by atoms with Gasteiger partial charge in [-0.1, -0.05) is 79.5 Å². The number of allylic oxidation sites excluding steroid dienone is 1. The maximum Gasteiger partial charge on any atom is 0.269 e. The number of benzene rings is 4. The van der Waals surface area contributed by atoms with Crippen molar-refractivity contribution in [2.45, 2.75) is 83.0 Å². The molecule has 1 heterocycles. The van der Waals surface area contributed by atoms with Gasteiger partial charge in [-0.3, -0.25) is 14.9 Å². The first kappa shape index (κ1) is 46.9. The van der Waals surface area contributed by atoms with E-state index < -0.39 is 22.7 Å². The van der Waals surface area contributed by atoms with Gasteiger partial charge >= 0.3 is 0 Å². The van der Waals surface area contributed by atoms with E-state index in [2.05, 4.69) is 43.0 Å². The molecule has 1 aliphatic heterocycles. The third kappa shape index (κ3) is 10.6. The monoisotopic (exact) mass is 883 g/mol. The highest BCUT2D eigenvalue weighted by atomic mass is 16.7. The first-order valence-corrected chi connectivity index (χ1v) is 23.0. The third-order valence-corrected chi connectivity index (χ3v) is 12.8. The van der Waals surface area contributed by atoms with Gasteiger partial charge in [-0.05, 0) is 122 Å². The zero-order chi connectivity index (χ0) is 45.8. The summed E-state index contributed by atoms with van der Waals surface area (Å²) < 4.78 is 21.0. The van der Waals surface area contributed by atoms with E-state index in [0.717, 1.165) is 53.7 Å². The summed E-state index contributed by atoms with van der Waals surface area (Å²) in [6, 6.07) is 29.6. The van der Waals surface area contributed by atoms with Gasteiger partial charge < -0.3 is 34.2 Å². The van der Waals surface area contributed by atoms with Crippen LogP contribution in [-0.4, -0.2) is 76.5 Å². The van der Waals surface area contributed by atoms with Crippen LogP contribution in [-0.2, 0) is 14.4 Å². The minimum Gasteiger partial charge on any atom is -0.459 e. The molecule has 1 saturated carbocycles. The lowest BCUT2D eigenvalue weighted by atomic mass is 9.55. The Morgan fingerprint density at radius 2 is 1.65 bits per heavy atom. The van der Waals surface area contributed by atoms with Crippen molar-refractivity contribution in [3.63, 3.8) is 0 Å². The van der Waals surface area contributed by atoms with Crippen molar-refractivity contribution in [1.82, 2.24) is 4.90 Å².